The molecule has 0 saturated carbocycles. The van der Waals surface area contributed by atoms with Gasteiger partial charge < -0.3 is 12.4 Å². The Balaban J connectivity index is 3.01. The molecule has 0 spiro atoms. The van der Waals surface area contributed by atoms with Gasteiger partial charge in [0.05, 0.1) is 45.7 Å². The standard InChI is InChI=1S/C7H9I2N3/c1-10-5-2-6(11-8)4-7(3-5)12-9/h2-4,10-12H,1H3. The fraction of sp³-hybridized carbons (Fsp3) is 0.143. The number of nitrogens with one attached hydrogen (secondary N) is 3. The average molecular weight is 389 g/mol. The number of halogens is 2. The summed E-state index contributed by atoms with van der Waals surface area (Å²) in [4.78, 5) is 0. The van der Waals surface area contributed by atoms with Crippen molar-refractivity contribution < 1.29 is 0 Å². The van der Waals surface area contributed by atoms with E-state index in [1.54, 1.807) is 0 Å². The second-order valence-corrected chi connectivity index (χ2v) is 3.32. The van der Waals surface area contributed by atoms with Crippen LogP contribution in [0.25, 0.3) is 0 Å². The van der Waals surface area contributed by atoms with Crippen LogP contribution >= 0.6 is 45.7 Å². The van der Waals surface area contributed by atoms with Crippen LogP contribution < -0.4 is 12.4 Å². The molecule has 0 amide bonds. The van der Waals surface area contributed by atoms with Crippen LogP contribution in [0.15, 0.2) is 18.2 Å². The van der Waals surface area contributed by atoms with Gasteiger partial charge in [0, 0.05) is 24.1 Å². The maximum atomic E-state index is 3.09. The lowest BCUT2D eigenvalue weighted by molar-refractivity contribution is 1.52. The molecule has 0 bridgehead atoms. The lowest BCUT2D eigenvalue weighted by Crippen LogP contribution is -1.91. The third-order valence-corrected chi connectivity index (χ3v) is 2.69. The van der Waals surface area contributed by atoms with Crippen LogP contribution in [0, 0.1) is 0 Å². The van der Waals surface area contributed by atoms with E-state index < -0.39 is 0 Å². The van der Waals surface area contributed by atoms with E-state index in [2.05, 4.69) is 58.1 Å². The molecule has 0 unspecified atom stereocenters. The van der Waals surface area contributed by atoms with Crippen molar-refractivity contribution >= 4 is 62.8 Å². The number of rotatable bonds is 3. The summed E-state index contributed by atoms with van der Waals surface area (Å²) >= 11 is 4.22. The van der Waals surface area contributed by atoms with Gasteiger partial charge in [-0.15, -0.1) is 0 Å². The van der Waals surface area contributed by atoms with Crippen molar-refractivity contribution in [2.45, 2.75) is 0 Å². The van der Waals surface area contributed by atoms with E-state index in [9.17, 15) is 0 Å². The van der Waals surface area contributed by atoms with E-state index in [-0.39, 0.29) is 0 Å². The van der Waals surface area contributed by atoms with Crippen LogP contribution in [-0.4, -0.2) is 7.05 Å². The summed E-state index contributed by atoms with van der Waals surface area (Å²) < 4.78 is 6.13. The number of anilines is 3. The van der Waals surface area contributed by atoms with Crippen molar-refractivity contribution in [3.8, 4) is 0 Å². The first kappa shape index (κ1) is 10.2. The molecule has 3 nitrogen and oxygen atoms in total. The number of hydrogen-bond donors (Lipinski definition) is 3. The van der Waals surface area contributed by atoms with Crippen molar-refractivity contribution in [1.82, 2.24) is 0 Å². The monoisotopic (exact) mass is 389 g/mol. The summed E-state index contributed by atoms with van der Waals surface area (Å²) in [6.45, 7) is 0. The molecular formula is C7H9I2N3. The van der Waals surface area contributed by atoms with Crippen molar-refractivity contribution in [2.75, 3.05) is 19.4 Å². The Kier molecular flexibility index (Phi) is 4.19. The van der Waals surface area contributed by atoms with Crippen molar-refractivity contribution in [3.05, 3.63) is 18.2 Å². The molecule has 0 aromatic heterocycles. The molecule has 1 rings (SSSR count). The van der Waals surface area contributed by atoms with Gasteiger partial charge in [-0.1, -0.05) is 0 Å². The normalized spacial score (nSPS) is 9.25. The zero-order valence-electron chi connectivity index (χ0n) is 6.49. The van der Waals surface area contributed by atoms with Crippen LogP contribution in [0.4, 0.5) is 17.1 Å². The quantitative estimate of drug-likeness (QED) is 0.549. The predicted molar refractivity (Wildman–Crippen MR) is 71.3 cm³/mol. The van der Waals surface area contributed by atoms with E-state index >= 15 is 0 Å². The fourth-order valence-electron chi connectivity index (χ4n) is 0.881. The summed E-state index contributed by atoms with van der Waals surface area (Å²) in [7, 11) is 1.91. The summed E-state index contributed by atoms with van der Waals surface area (Å²) in [6.07, 6.45) is 0. The highest BCUT2D eigenvalue weighted by Gasteiger charge is 1.96. The van der Waals surface area contributed by atoms with Crippen LogP contribution in [0.3, 0.4) is 0 Å². The molecule has 0 aliphatic heterocycles. The zero-order valence-corrected chi connectivity index (χ0v) is 10.8. The molecular weight excluding hydrogens is 380 g/mol. The van der Waals surface area contributed by atoms with Crippen LogP contribution in [-0.2, 0) is 0 Å². The fourth-order valence-corrected chi connectivity index (χ4v) is 1.50. The molecule has 3 N–H and O–H groups in total. The summed E-state index contributed by atoms with van der Waals surface area (Å²) in [6, 6.07) is 6.13. The van der Waals surface area contributed by atoms with Gasteiger partial charge in [-0.25, -0.2) is 0 Å². The van der Waals surface area contributed by atoms with Gasteiger partial charge in [0.25, 0.3) is 0 Å². The van der Waals surface area contributed by atoms with E-state index in [4.69, 9.17) is 0 Å². The summed E-state index contributed by atoms with van der Waals surface area (Å²) in [5.74, 6) is 0. The van der Waals surface area contributed by atoms with E-state index in [1.165, 1.54) is 0 Å². The maximum Gasteiger partial charge on any atom is 0.0560 e. The summed E-state index contributed by atoms with van der Waals surface area (Å²) in [5.41, 5.74) is 3.26. The third-order valence-electron chi connectivity index (χ3n) is 1.44. The highest BCUT2D eigenvalue weighted by Crippen LogP contribution is 2.23. The Hall–Kier alpha value is 0.0800. The van der Waals surface area contributed by atoms with Crippen LogP contribution in [0.1, 0.15) is 0 Å². The topological polar surface area (TPSA) is 36.1 Å². The van der Waals surface area contributed by atoms with E-state index in [0.717, 1.165) is 17.1 Å². The minimum absolute atomic E-state index is 1.08. The summed E-state index contributed by atoms with van der Waals surface area (Å²) in [5, 5.41) is 3.09. The minimum atomic E-state index is 1.08. The third kappa shape index (κ3) is 2.54. The molecule has 0 heterocycles. The predicted octanol–water partition coefficient (Wildman–Crippen LogP) is 3.25. The Morgan fingerprint density at radius 2 is 1.33 bits per heavy atom. The van der Waals surface area contributed by atoms with Crippen molar-refractivity contribution in [1.29, 1.82) is 0 Å². The highest BCUT2D eigenvalue weighted by atomic mass is 127. The average Bonchev–Trinajstić information content (AvgIpc) is 2.16. The molecule has 1 aromatic rings. The van der Waals surface area contributed by atoms with Gasteiger partial charge in [-0.05, 0) is 18.2 Å². The van der Waals surface area contributed by atoms with Gasteiger partial charge >= 0.3 is 0 Å². The van der Waals surface area contributed by atoms with E-state index in [1.807, 2.05) is 25.2 Å². The van der Waals surface area contributed by atoms with Crippen molar-refractivity contribution in [2.24, 2.45) is 0 Å². The Morgan fingerprint density at radius 1 is 0.917 bits per heavy atom. The molecule has 0 saturated heterocycles. The number of hydrogen-bond acceptors (Lipinski definition) is 3. The maximum absolute atomic E-state index is 3.09. The lowest BCUT2D eigenvalue weighted by Gasteiger charge is -2.06. The second-order valence-electron chi connectivity index (χ2n) is 2.24. The Morgan fingerprint density at radius 3 is 1.67 bits per heavy atom. The molecule has 0 fully saturated rings. The molecule has 12 heavy (non-hydrogen) atoms. The Labute approximate surface area is 99.7 Å². The van der Waals surface area contributed by atoms with Crippen LogP contribution in [0.2, 0.25) is 0 Å². The Bertz CT molecular complexity index is 210. The van der Waals surface area contributed by atoms with Crippen LogP contribution in [0.5, 0.6) is 0 Å². The molecule has 0 aliphatic carbocycles. The van der Waals surface area contributed by atoms with Gasteiger partial charge in [0.2, 0.25) is 0 Å². The molecule has 0 aliphatic rings. The van der Waals surface area contributed by atoms with Gasteiger partial charge in [0.1, 0.15) is 0 Å². The molecule has 66 valence electrons. The first-order chi connectivity index (χ1) is 5.80. The largest absolute Gasteiger partial charge is 0.388 e. The first-order valence-corrected chi connectivity index (χ1v) is 5.52. The minimum Gasteiger partial charge on any atom is -0.388 e. The molecule has 5 heteroatoms. The van der Waals surface area contributed by atoms with Gasteiger partial charge in [-0.3, -0.25) is 0 Å². The number of benzene rings is 1. The van der Waals surface area contributed by atoms with Crippen molar-refractivity contribution in [3.63, 3.8) is 0 Å². The molecule has 0 radical (unpaired) electrons. The molecule has 1 aromatic carbocycles. The van der Waals surface area contributed by atoms with E-state index in [0.29, 0.717) is 0 Å². The smallest absolute Gasteiger partial charge is 0.0560 e. The highest BCUT2D eigenvalue weighted by molar-refractivity contribution is 14.1. The van der Waals surface area contributed by atoms with Gasteiger partial charge in [-0.2, -0.15) is 0 Å². The first-order valence-electron chi connectivity index (χ1n) is 3.36. The molecule has 0 atom stereocenters. The lowest BCUT2D eigenvalue weighted by atomic mass is 10.2. The van der Waals surface area contributed by atoms with Gasteiger partial charge in [0.15, 0.2) is 0 Å². The second kappa shape index (κ2) is 4.95. The zero-order chi connectivity index (χ0) is 8.97. The SMILES string of the molecule is CNc1cc(NI)cc(NI)c1.